The number of carbonyl (C=O) groups excluding carboxylic acids is 1. The molecule has 1 N–H and O–H groups in total. The Balaban J connectivity index is 2.07. The third kappa shape index (κ3) is 3.70. The van der Waals surface area contributed by atoms with Crippen molar-refractivity contribution in [3.8, 4) is 5.69 Å². The Labute approximate surface area is 156 Å². The Kier molecular flexibility index (Phi) is 4.87. The Bertz CT molecular complexity index is 1050. The standard InChI is InChI=1S/C18H13F3N4O3/c1-11-4-2-5-13(16(11)25(27)28)17(26)23-14-10-12(18(19,20)21)6-7-15(14)24-9-3-8-22-24/h2-10H,1H3,(H,23,26). The molecule has 0 fully saturated rings. The summed E-state index contributed by atoms with van der Waals surface area (Å²) in [5.41, 5.74) is -1.38. The number of aromatic nitrogens is 2. The number of alkyl halides is 3. The van der Waals surface area contributed by atoms with Crippen LogP contribution in [-0.2, 0) is 6.18 Å². The van der Waals surface area contributed by atoms with E-state index in [2.05, 4.69) is 10.4 Å². The molecule has 1 heterocycles. The van der Waals surface area contributed by atoms with Gasteiger partial charge in [0.1, 0.15) is 5.56 Å². The molecule has 0 saturated heterocycles. The van der Waals surface area contributed by atoms with Gasteiger partial charge in [0.25, 0.3) is 11.6 Å². The third-order valence-electron chi connectivity index (χ3n) is 3.99. The van der Waals surface area contributed by atoms with Gasteiger partial charge < -0.3 is 5.32 Å². The highest BCUT2D eigenvalue weighted by Crippen LogP contribution is 2.34. The summed E-state index contributed by atoms with van der Waals surface area (Å²) in [7, 11) is 0. The lowest BCUT2D eigenvalue weighted by Gasteiger charge is -2.15. The van der Waals surface area contributed by atoms with Crippen molar-refractivity contribution in [3.63, 3.8) is 0 Å². The molecule has 0 saturated carbocycles. The number of para-hydroxylation sites is 1. The lowest BCUT2D eigenvalue weighted by Crippen LogP contribution is -2.17. The van der Waals surface area contributed by atoms with E-state index in [0.717, 1.165) is 18.2 Å². The number of anilines is 1. The van der Waals surface area contributed by atoms with Crippen LogP contribution in [0.5, 0.6) is 0 Å². The highest BCUT2D eigenvalue weighted by Gasteiger charge is 2.32. The number of nitrogens with one attached hydrogen (secondary N) is 1. The fraction of sp³-hybridized carbons (Fsp3) is 0.111. The molecule has 0 aliphatic rings. The van der Waals surface area contributed by atoms with Gasteiger partial charge in [0.05, 0.1) is 21.9 Å². The number of hydrogen-bond donors (Lipinski definition) is 1. The van der Waals surface area contributed by atoms with Crippen molar-refractivity contribution < 1.29 is 22.9 Å². The first-order valence-electron chi connectivity index (χ1n) is 7.95. The topological polar surface area (TPSA) is 90.1 Å². The first kappa shape index (κ1) is 19.1. The minimum absolute atomic E-state index is 0.181. The zero-order valence-corrected chi connectivity index (χ0v) is 14.4. The summed E-state index contributed by atoms with van der Waals surface area (Å²) in [5.74, 6) is -0.900. The molecule has 1 aromatic heterocycles. The predicted molar refractivity (Wildman–Crippen MR) is 94.4 cm³/mol. The van der Waals surface area contributed by atoms with Gasteiger partial charge in [-0.1, -0.05) is 12.1 Å². The van der Waals surface area contributed by atoms with Crippen LogP contribution in [0.2, 0.25) is 0 Å². The quantitative estimate of drug-likeness (QED) is 0.529. The van der Waals surface area contributed by atoms with Crippen LogP contribution in [0.25, 0.3) is 5.69 Å². The zero-order valence-electron chi connectivity index (χ0n) is 14.4. The highest BCUT2D eigenvalue weighted by atomic mass is 19.4. The molecule has 0 aliphatic carbocycles. The van der Waals surface area contributed by atoms with Crippen molar-refractivity contribution in [2.75, 3.05) is 5.32 Å². The predicted octanol–water partition coefficient (Wildman–Crippen LogP) is 4.36. The second-order valence-electron chi connectivity index (χ2n) is 5.86. The maximum absolute atomic E-state index is 13.1. The van der Waals surface area contributed by atoms with Gasteiger partial charge in [-0.3, -0.25) is 14.9 Å². The van der Waals surface area contributed by atoms with Crippen LogP contribution in [0.1, 0.15) is 21.5 Å². The smallest absolute Gasteiger partial charge is 0.320 e. The molecular formula is C18H13F3N4O3. The van der Waals surface area contributed by atoms with Crippen molar-refractivity contribution in [3.05, 3.63) is 81.7 Å². The van der Waals surface area contributed by atoms with Crippen LogP contribution in [0.3, 0.4) is 0 Å². The Morgan fingerprint density at radius 1 is 1.21 bits per heavy atom. The van der Waals surface area contributed by atoms with Crippen LogP contribution < -0.4 is 5.32 Å². The average Bonchev–Trinajstić information content (AvgIpc) is 3.14. The van der Waals surface area contributed by atoms with Crippen molar-refractivity contribution >= 4 is 17.3 Å². The van der Waals surface area contributed by atoms with Crippen molar-refractivity contribution in [1.29, 1.82) is 0 Å². The van der Waals surface area contributed by atoms with E-state index in [1.165, 1.54) is 42.2 Å². The van der Waals surface area contributed by atoms with Crippen molar-refractivity contribution in [1.82, 2.24) is 9.78 Å². The molecule has 2 aromatic carbocycles. The monoisotopic (exact) mass is 390 g/mol. The molecule has 0 radical (unpaired) electrons. The number of nitrogens with zero attached hydrogens (tertiary/aromatic N) is 3. The summed E-state index contributed by atoms with van der Waals surface area (Å²) < 4.78 is 40.6. The van der Waals surface area contributed by atoms with E-state index in [4.69, 9.17) is 0 Å². The van der Waals surface area contributed by atoms with E-state index < -0.39 is 28.3 Å². The molecule has 1 amide bonds. The summed E-state index contributed by atoms with van der Waals surface area (Å²) in [4.78, 5) is 23.2. The van der Waals surface area contributed by atoms with E-state index in [1.807, 2.05) is 0 Å². The number of amides is 1. The van der Waals surface area contributed by atoms with E-state index in [9.17, 15) is 28.1 Å². The van der Waals surface area contributed by atoms with Crippen LogP contribution in [0.4, 0.5) is 24.5 Å². The fourth-order valence-electron chi connectivity index (χ4n) is 2.70. The van der Waals surface area contributed by atoms with E-state index in [0.29, 0.717) is 0 Å². The van der Waals surface area contributed by atoms with Gasteiger partial charge in [-0.25, -0.2) is 4.68 Å². The molecule has 3 aromatic rings. The second-order valence-corrected chi connectivity index (χ2v) is 5.86. The number of halogens is 3. The minimum Gasteiger partial charge on any atom is -0.320 e. The number of nitro groups is 1. The van der Waals surface area contributed by atoms with Crippen molar-refractivity contribution in [2.45, 2.75) is 13.1 Å². The van der Waals surface area contributed by atoms with Gasteiger partial charge >= 0.3 is 6.18 Å². The van der Waals surface area contributed by atoms with Gasteiger partial charge in [0, 0.05) is 18.0 Å². The van der Waals surface area contributed by atoms with Gasteiger partial charge in [0.15, 0.2) is 0 Å². The number of hydrogen-bond acceptors (Lipinski definition) is 4. The van der Waals surface area contributed by atoms with E-state index >= 15 is 0 Å². The second kappa shape index (κ2) is 7.14. The molecule has 0 spiro atoms. The molecule has 10 heteroatoms. The molecule has 3 rings (SSSR count). The molecule has 28 heavy (non-hydrogen) atoms. The lowest BCUT2D eigenvalue weighted by molar-refractivity contribution is -0.385. The SMILES string of the molecule is Cc1cccc(C(=O)Nc2cc(C(F)(F)F)ccc2-n2cccn2)c1[N+](=O)[O-]. The summed E-state index contributed by atoms with van der Waals surface area (Å²) in [6.07, 6.45) is -1.71. The van der Waals surface area contributed by atoms with Crippen LogP contribution >= 0.6 is 0 Å². The number of carbonyl (C=O) groups is 1. The fourth-order valence-corrected chi connectivity index (χ4v) is 2.70. The normalized spacial score (nSPS) is 11.3. The van der Waals surface area contributed by atoms with Crippen LogP contribution in [0, 0.1) is 17.0 Å². The van der Waals surface area contributed by atoms with Gasteiger partial charge in [-0.05, 0) is 37.3 Å². The van der Waals surface area contributed by atoms with E-state index in [1.54, 1.807) is 6.07 Å². The molecular weight excluding hydrogens is 377 g/mol. The summed E-state index contributed by atoms with van der Waals surface area (Å²) in [5, 5.41) is 17.6. The van der Waals surface area contributed by atoms with Gasteiger partial charge in [0.2, 0.25) is 0 Å². The molecule has 0 aliphatic heterocycles. The molecule has 0 unspecified atom stereocenters. The average molecular weight is 390 g/mol. The largest absolute Gasteiger partial charge is 0.416 e. The maximum Gasteiger partial charge on any atom is 0.416 e. The summed E-state index contributed by atoms with van der Waals surface area (Å²) >= 11 is 0. The Hall–Kier alpha value is -3.69. The van der Waals surface area contributed by atoms with Gasteiger partial charge in [-0.15, -0.1) is 0 Å². The number of rotatable bonds is 4. The number of benzene rings is 2. The maximum atomic E-state index is 13.1. The molecule has 0 bridgehead atoms. The van der Waals surface area contributed by atoms with Crippen molar-refractivity contribution in [2.24, 2.45) is 0 Å². The molecule has 0 atom stereocenters. The molecule has 144 valence electrons. The number of aryl methyl sites for hydroxylation is 1. The Morgan fingerprint density at radius 3 is 2.57 bits per heavy atom. The minimum atomic E-state index is -4.63. The number of nitro benzene ring substituents is 1. The lowest BCUT2D eigenvalue weighted by atomic mass is 10.1. The summed E-state index contributed by atoms with van der Waals surface area (Å²) in [6.45, 7) is 1.47. The molecule has 7 nitrogen and oxygen atoms in total. The van der Waals surface area contributed by atoms with Crippen LogP contribution in [-0.4, -0.2) is 20.6 Å². The van der Waals surface area contributed by atoms with Crippen LogP contribution in [0.15, 0.2) is 54.9 Å². The Morgan fingerprint density at radius 2 is 1.96 bits per heavy atom. The first-order valence-corrected chi connectivity index (χ1v) is 7.95. The van der Waals surface area contributed by atoms with Gasteiger partial charge in [-0.2, -0.15) is 18.3 Å². The highest BCUT2D eigenvalue weighted by molar-refractivity contribution is 6.08. The van der Waals surface area contributed by atoms with E-state index in [-0.39, 0.29) is 22.5 Å². The first-order chi connectivity index (χ1) is 13.2. The zero-order chi connectivity index (χ0) is 20.5. The summed E-state index contributed by atoms with van der Waals surface area (Å²) in [6, 6.07) is 8.51. The third-order valence-corrected chi connectivity index (χ3v) is 3.99.